The van der Waals surface area contributed by atoms with Crippen LogP contribution in [0.2, 0.25) is 0 Å². The van der Waals surface area contributed by atoms with Crippen molar-refractivity contribution in [2.45, 2.75) is 38.1 Å². The summed E-state index contributed by atoms with van der Waals surface area (Å²) in [5.41, 5.74) is 0.280. The average Bonchev–Trinajstić information content (AvgIpc) is 2.70. The Morgan fingerprint density at radius 3 is 2.43 bits per heavy atom. The maximum atomic E-state index is 11.4. The Kier molecular flexibility index (Phi) is 3.08. The lowest BCUT2D eigenvalue weighted by molar-refractivity contribution is 0.0592. The van der Waals surface area contributed by atoms with Crippen LogP contribution < -0.4 is 4.90 Å². The summed E-state index contributed by atoms with van der Waals surface area (Å²) in [6.07, 6.45) is 6.81. The minimum Gasteiger partial charge on any atom is -0.464 e. The number of carbonyl (C=O) groups is 1. The van der Waals surface area contributed by atoms with Gasteiger partial charge in [0.15, 0.2) is 11.5 Å². The number of hydrogen-bond donors (Lipinski definition) is 0. The molecule has 5 nitrogen and oxygen atoms in total. The maximum Gasteiger partial charge on any atom is 0.358 e. The van der Waals surface area contributed by atoms with Gasteiger partial charge in [-0.2, -0.15) is 0 Å². The maximum absolute atomic E-state index is 11.4. The van der Waals surface area contributed by atoms with Crippen LogP contribution in [0.4, 0.5) is 5.82 Å². The van der Waals surface area contributed by atoms with Crippen LogP contribution >= 0.6 is 0 Å². The van der Waals surface area contributed by atoms with Gasteiger partial charge >= 0.3 is 5.97 Å². The van der Waals surface area contributed by atoms with Crippen LogP contribution in [0.25, 0.3) is 0 Å². The van der Waals surface area contributed by atoms with Crippen LogP contribution in [-0.4, -0.2) is 35.9 Å². The van der Waals surface area contributed by atoms with Gasteiger partial charge in [0.05, 0.1) is 7.11 Å². The smallest absolute Gasteiger partial charge is 0.358 e. The molecule has 1 aromatic rings. The fourth-order valence-electron chi connectivity index (χ4n) is 4.76. The molecule has 0 amide bonds. The summed E-state index contributed by atoms with van der Waals surface area (Å²) in [5.74, 6) is 3.13. The lowest BCUT2D eigenvalue weighted by Gasteiger charge is -2.39. The zero-order valence-electron chi connectivity index (χ0n) is 12.4. The van der Waals surface area contributed by atoms with Crippen molar-refractivity contribution in [1.29, 1.82) is 0 Å². The minimum absolute atomic E-state index is 0.280. The Labute approximate surface area is 124 Å². The number of methoxy groups -OCH3 is 1. The summed E-state index contributed by atoms with van der Waals surface area (Å²) >= 11 is 0. The van der Waals surface area contributed by atoms with Crippen molar-refractivity contribution < 1.29 is 9.53 Å². The average molecular weight is 287 g/mol. The molecule has 5 rings (SSSR count). The minimum atomic E-state index is -0.426. The van der Waals surface area contributed by atoms with E-state index in [0.717, 1.165) is 30.1 Å². The molecule has 2 saturated heterocycles. The van der Waals surface area contributed by atoms with E-state index in [1.165, 1.54) is 39.2 Å². The third kappa shape index (κ3) is 2.28. The van der Waals surface area contributed by atoms with Crippen LogP contribution in [-0.2, 0) is 4.74 Å². The molecule has 5 heteroatoms. The molecule has 0 radical (unpaired) electrons. The second kappa shape index (κ2) is 4.97. The first kappa shape index (κ1) is 13.0. The molecule has 0 aromatic carbocycles. The van der Waals surface area contributed by atoms with E-state index in [2.05, 4.69) is 19.8 Å². The molecular weight excluding hydrogens is 266 g/mol. The molecule has 3 heterocycles. The zero-order valence-corrected chi connectivity index (χ0v) is 12.4. The second-order valence-corrected chi connectivity index (χ2v) is 6.85. The highest BCUT2D eigenvalue weighted by Gasteiger charge is 2.43. The van der Waals surface area contributed by atoms with E-state index < -0.39 is 5.97 Å². The first-order valence-electron chi connectivity index (χ1n) is 7.91. The molecule has 21 heavy (non-hydrogen) atoms. The van der Waals surface area contributed by atoms with Crippen LogP contribution in [0.3, 0.4) is 0 Å². The molecule has 4 atom stereocenters. The summed E-state index contributed by atoms with van der Waals surface area (Å²) in [7, 11) is 1.36. The van der Waals surface area contributed by atoms with E-state index in [4.69, 9.17) is 0 Å². The van der Waals surface area contributed by atoms with Crippen LogP contribution in [0.5, 0.6) is 0 Å². The number of fused-ring (bicyclic) bond motifs is 1. The highest BCUT2D eigenvalue weighted by Crippen LogP contribution is 2.48. The molecule has 112 valence electrons. The predicted molar refractivity (Wildman–Crippen MR) is 78.1 cm³/mol. The Bertz CT molecular complexity index is 531. The number of anilines is 1. The first-order valence-corrected chi connectivity index (χ1v) is 7.91. The van der Waals surface area contributed by atoms with Crippen molar-refractivity contribution in [2.75, 3.05) is 18.6 Å². The van der Waals surface area contributed by atoms with Gasteiger partial charge in [-0.1, -0.05) is 0 Å². The standard InChI is InChI=1S/C16H21N3O2/c1-21-16(20)14-2-3-15(18-17-14)19-9-12-5-10-4-11(6-12)8-13(19)7-10/h2-3,10-13H,4-9H2,1H3/t10-,11+,12?,13?. The van der Waals surface area contributed by atoms with Crippen molar-refractivity contribution in [2.24, 2.45) is 17.8 Å². The number of rotatable bonds is 2. The summed E-state index contributed by atoms with van der Waals surface area (Å²) < 4.78 is 4.68. The monoisotopic (exact) mass is 287 g/mol. The van der Waals surface area contributed by atoms with Gasteiger partial charge in [-0.25, -0.2) is 4.79 Å². The normalized spacial score (nSPS) is 33.9. The second-order valence-electron chi connectivity index (χ2n) is 6.85. The molecule has 0 spiro atoms. The molecule has 4 aliphatic rings. The third-order valence-electron chi connectivity index (χ3n) is 5.45. The Morgan fingerprint density at radius 1 is 1.10 bits per heavy atom. The van der Waals surface area contributed by atoms with E-state index in [9.17, 15) is 4.79 Å². The number of hydrogen-bond acceptors (Lipinski definition) is 5. The van der Waals surface area contributed by atoms with E-state index in [1.807, 2.05) is 6.07 Å². The quantitative estimate of drug-likeness (QED) is 0.781. The predicted octanol–water partition coefficient (Wildman–Crippen LogP) is 2.28. The molecular formula is C16H21N3O2. The Hall–Kier alpha value is -1.65. The van der Waals surface area contributed by atoms with Crippen LogP contribution in [0.1, 0.15) is 42.6 Å². The number of nitrogens with zero attached hydrogens (tertiary/aromatic N) is 3. The van der Waals surface area contributed by atoms with E-state index >= 15 is 0 Å². The van der Waals surface area contributed by atoms with Crippen molar-refractivity contribution in [1.82, 2.24) is 10.2 Å². The fourth-order valence-corrected chi connectivity index (χ4v) is 4.76. The van der Waals surface area contributed by atoms with Crippen molar-refractivity contribution in [3.8, 4) is 0 Å². The molecule has 0 N–H and O–H groups in total. The molecule has 2 unspecified atom stereocenters. The third-order valence-corrected chi connectivity index (χ3v) is 5.45. The Balaban J connectivity index is 1.59. The molecule has 2 aliphatic heterocycles. The van der Waals surface area contributed by atoms with Crippen LogP contribution in [0.15, 0.2) is 12.1 Å². The fraction of sp³-hybridized carbons (Fsp3) is 0.688. The van der Waals surface area contributed by atoms with Crippen molar-refractivity contribution in [3.05, 3.63) is 17.8 Å². The van der Waals surface area contributed by atoms with Gasteiger partial charge in [-0.15, -0.1) is 10.2 Å². The van der Waals surface area contributed by atoms with Gasteiger partial charge in [0.2, 0.25) is 0 Å². The number of ether oxygens (including phenoxy) is 1. The van der Waals surface area contributed by atoms with E-state index in [1.54, 1.807) is 6.07 Å². The lowest BCUT2D eigenvalue weighted by atomic mass is 9.68. The summed E-state index contributed by atoms with van der Waals surface area (Å²) in [5, 5.41) is 8.32. The topological polar surface area (TPSA) is 55.3 Å². The summed E-state index contributed by atoms with van der Waals surface area (Å²) in [6, 6.07) is 4.26. The first-order chi connectivity index (χ1) is 10.2. The van der Waals surface area contributed by atoms with Crippen LogP contribution in [0, 0.1) is 17.8 Å². The zero-order chi connectivity index (χ0) is 14.4. The SMILES string of the molecule is COC(=O)c1ccc(N2CC3C[C@@H]4CC2C[C@H](C3)C4)nn1. The Morgan fingerprint density at radius 2 is 1.81 bits per heavy atom. The van der Waals surface area contributed by atoms with E-state index in [0.29, 0.717) is 6.04 Å². The molecule has 2 saturated carbocycles. The molecule has 1 aromatic heterocycles. The highest BCUT2D eigenvalue weighted by atomic mass is 16.5. The number of carbonyl (C=O) groups excluding carboxylic acids is 1. The van der Waals surface area contributed by atoms with Gasteiger partial charge in [0.25, 0.3) is 0 Å². The van der Waals surface area contributed by atoms with Crippen molar-refractivity contribution >= 4 is 11.8 Å². The van der Waals surface area contributed by atoms with Gasteiger partial charge < -0.3 is 9.64 Å². The van der Waals surface area contributed by atoms with Gasteiger partial charge in [0, 0.05) is 12.6 Å². The van der Waals surface area contributed by atoms with Crippen molar-refractivity contribution in [3.63, 3.8) is 0 Å². The lowest BCUT2D eigenvalue weighted by Crippen LogP contribution is -2.38. The van der Waals surface area contributed by atoms with Gasteiger partial charge in [0.1, 0.15) is 0 Å². The summed E-state index contributed by atoms with van der Waals surface area (Å²) in [4.78, 5) is 13.9. The molecule has 4 bridgehead atoms. The molecule has 4 fully saturated rings. The number of esters is 1. The highest BCUT2D eigenvalue weighted by molar-refractivity contribution is 5.86. The van der Waals surface area contributed by atoms with Gasteiger partial charge in [-0.3, -0.25) is 0 Å². The van der Waals surface area contributed by atoms with E-state index in [-0.39, 0.29) is 5.69 Å². The molecule has 2 aliphatic carbocycles. The number of aromatic nitrogens is 2. The van der Waals surface area contributed by atoms with Gasteiger partial charge in [-0.05, 0) is 62.0 Å². The summed E-state index contributed by atoms with van der Waals surface area (Å²) in [6.45, 7) is 1.10. The largest absolute Gasteiger partial charge is 0.464 e.